The number of benzene rings is 4. The van der Waals surface area contributed by atoms with E-state index in [-0.39, 0.29) is 33.6 Å². The second-order valence-electron chi connectivity index (χ2n) is 15.7. The fraction of sp³-hybridized carbons (Fsp3) is 0.429. The van der Waals surface area contributed by atoms with Crippen LogP contribution in [0.15, 0.2) is 48.5 Å². The minimum atomic E-state index is -0.929. The molecule has 4 heterocycles. The number of piperidine rings is 2. The van der Waals surface area contributed by atoms with Crippen molar-refractivity contribution in [2.24, 2.45) is 0 Å². The van der Waals surface area contributed by atoms with Crippen LogP contribution in [0.3, 0.4) is 0 Å². The molecular formula is C42H46N8O8. The fourth-order valence-electron chi connectivity index (χ4n) is 9.50. The first-order chi connectivity index (χ1) is 27.8. The third-order valence-electron chi connectivity index (χ3n) is 12.4. The quantitative estimate of drug-likeness (QED) is 0.0742. The van der Waals surface area contributed by atoms with Crippen LogP contribution in [0.1, 0.15) is 107 Å². The van der Waals surface area contributed by atoms with E-state index in [0.717, 1.165) is 48.3 Å². The van der Waals surface area contributed by atoms with Gasteiger partial charge in [-0.15, -0.1) is 0 Å². The summed E-state index contributed by atoms with van der Waals surface area (Å²) in [6, 6.07) is 12.7. The maximum Gasteiger partial charge on any atom is 0.293 e. The molecule has 2 fully saturated rings. The first kappa shape index (κ1) is 38.9. The summed E-state index contributed by atoms with van der Waals surface area (Å²) in [7, 11) is 1.71. The summed E-state index contributed by atoms with van der Waals surface area (Å²) in [4.78, 5) is 89.1. The predicted octanol–water partition coefficient (Wildman–Crippen LogP) is 6.63. The molecule has 0 spiro atoms. The molecule has 4 aromatic carbocycles. The van der Waals surface area contributed by atoms with Crippen molar-refractivity contribution in [3.05, 3.63) is 91.0 Å². The number of nitrogens with one attached hydrogen (secondary N) is 1. The standard InChI is InChI=1S/C42H46N8O8/c1-5-34(43-24(2)47-39(51)28-16-12-14-26-35(28)30(41(47)53)22-32(49(55)56)37(26)45-18-8-6-9-19-45)44(4)25(3)48-40(52)29-17-13-15-27-36(29)31(42(48)54)23-33(50(57)58)38(27)46-20-10-7-11-21-46/h12-17,22-25,34,43H,5-11,18-21H2,1-4H3. The van der Waals surface area contributed by atoms with Gasteiger partial charge in [-0.25, -0.2) is 0 Å². The van der Waals surface area contributed by atoms with Crippen molar-refractivity contribution in [2.45, 2.75) is 84.2 Å². The number of amides is 4. The van der Waals surface area contributed by atoms with Crippen molar-refractivity contribution in [3.8, 4) is 0 Å². The Bertz CT molecular complexity index is 2420. The van der Waals surface area contributed by atoms with Crippen molar-refractivity contribution in [1.29, 1.82) is 0 Å². The van der Waals surface area contributed by atoms with Gasteiger partial charge in [0.1, 0.15) is 11.4 Å². The highest BCUT2D eigenvalue weighted by atomic mass is 16.6. The van der Waals surface area contributed by atoms with E-state index in [9.17, 15) is 39.4 Å². The summed E-state index contributed by atoms with van der Waals surface area (Å²) in [5.74, 6) is -2.44. The summed E-state index contributed by atoms with van der Waals surface area (Å²) in [5, 5.41) is 30.1. The maximum atomic E-state index is 14.4. The summed E-state index contributed by atoms with van der Waals surface area (Å²) in [5.41, 5.74) is 1.14. The Morgan fingerprint density at radius 2 is 1.07 bits per heavy atom. The Morgan fingerprint density at radius 3 is 1.50 bits per heavy atom. The lowest BCUT2D eigenvalue weighted by molar-refractivity contribution is -0.384. The average Bonchev–Trinajstić information content (AvgIpc) is 3.23. The van der Waals surface area contributed by atoms with E-state index < -0.39 is 52.0 Å². The van der Waals surface area contributed by atoms with Gasteiger partial charge in [0.2, 0.25) is 0 Å². The zero-order valence-corrected chi connectivity index (χ0v) is 33.0. The molecular weight excluding hydrogens is 745 g/mol. The Labute approximate surface area is 334 Å². The number of nitro benzene ring substituents is 2. The van der Waals surface area contributed by atoms with Gasteiger partial charge in [-0.2, -0.15) is 0 Å². The number of carbonyl (C=O) groups is 4. The van der Waals surface area contributed by atoms with Gasteiger partial charge < -0.3 is 9.80 Å². The number of hydrogen-bond donors (Lipinski definition) is 1. The minimum Gasteiger partial charge on any atom is -0.365 e. The van der Waals surface area contributed by atoms with Crippen LogP contribution in [0.5, 0.6) is 0 Å². The zero-order chi connectivity index (χ0) is 41.2. The number of hydrogen-bond acceptors (Lipinski definition) is 12. The second kappa shape index (κ2) is 15.1. The van der Waals surface area contributed by atoms with E-state index in [2.05, 4.69) is 5.32 Å². The van der Waals surface area contributed by atoms with Crippen LogP contribution in [0.2, 0.25) is 0 Å². The normalized spacial score (nSPS) is 18.7. The molecule has 0 aliphatic carbocycles. The van der Waals surface area contributed by atoms with E-state index in [1.165, 1.54) is 12.1 Å². The van der Waals surface area contributed by atoms with E-state index in [4.69, 9.17) is 0 Å². The average molecular weight is 791 g/mol. The molecule has 1 N–H and O–H groups in total. The molecule has 8 rings (SSSR count). The lowest BCUT2D eigenvalue weighted by Crippen LogP contribution is -2.61. The summed E-state index contributed by atoms with van der Waals surface area (Å²) < 4.78 is 0. The van der Waals surface area contributed by atoms with E-state index in [1.807, 2.05) is 16.7 Å². The van der Waals surface area contributed by atoms with Gasteiger partial charge in [-0.05, 0) is 78.0 Å². The highest BCUT2D eigenvalue weighted by molar-refractivity contribution is 6.29. The Kier molecular flexibility index (Phi) is 10.1. The van der Waals surface area contributed by atoms with E-state index in [0.29, 0.717) is 65.5 Å². The largest absolute Gasteiger partial charge is 0.365 e. The summed E-state index contributed by atoms with van der Waals surface area (Å²) >= 11 is 0. The third-order valence-corrected chi connectivity index (χ3v) is 12.4. The highest BCUT2D eigenvalue weighted by Crippen LogP contribution is 2.45. The molecule has 16 nitrogen and oxygen atoms in total. The molecule has 3 unspecified atom stereocenters. The van der Waals surface area contributed by atoms with Crippen LogP contribution in [0, 0.1) is 20.2 Å². The first-order valence-electron chi connectivity index (χ1n) is 20.1. The highest BCUT2D eigenvalue weighted by Gasteiger charge is 2.43. The van der Waals surface area contributed by atoms with Crippen molar-refractivity contribution in [1.82, 2.24) is 20.0 Å². The maximum absolute atomic E-state index is 14.4. The molecule has 4 amide bonds. The van der Waals surface area contributed by atoms with Crippen molar-refractivity contribution >= 4 is 67.9 Å². The number of imide groups is 2. The third kappa shape index (κ3) is 6.12. The van der Waals surface area contributed by atoms with Gasteiger partial charge in [0.05, 0.1) is 39.5 Å². The molecule has 2 saturated heterocycles. The Balaban J connectivity index is 1.09. The van der Waals surface area contributed by atoms with Gasteiger partial charge in [-0.3, -0.25) is 59.4 Å². The fourth-order valence-corrected chi connectivity index (χ4v) is 9.50. The zero-order valence-electron chi connectivity index (χ0n) is 33.0. The molecule has 4 aromatic rings. The van der Waals surface area contributed by atoms with Gasteiger partial charge in [0.25, 0.3) is 35.0 Å². The molecule has 16 heteroatoms. The minimum absolute atomic E-state index is 0.0657. The van der Waals surface area contributed by atoms with Crippen LogP contribution >= 0.6 is 0 Å². The lowest BCUT2D eigenvalue weighted by atomic mass is 9.91. The second-order valence-corrected chi connectivity index (χ2v) is 15.7. The van der Waals surface area contributed by atoms with Crippen LogP contribution < -0.4 is 15.1 Å². The summed E-state index contributed by atoms with van der Waals surface area (Å²) in [6.45, 7) is 7.73. The molecule has 58 heavy (non-hydrogen) atoms. The molecule has 0 aromatic heterocycles. The van der Waals surface area contributed by atoms with Crippen molar-refractivity contribution in [3.63, 3.8) is 0 Å². The van der Waals surface area contributed by atoms with E-state index in [1.54, 1.807) is 62.2 Å². The molecule has 3 atom stereocenters. The molecule has 302 valence electrons. The van der Waals surface area contributed by atoms with Crippen molar-refractivity contribution < 1.29 is 29.0 Å². The number of anilines is 2. The molecule has 0 bridgehead atoms. The SMILES string of the molecule is CCC(NC(C)N1C(=O)c2cccc3c(N4CCCCC4)c([N+](=O)[O-])cc(c23)C1=O)N(C)C(C)N1C(=O)c2cccc3c(N4CCCCC4)c([N+](=O)[O-])cc(c23)C1=O. The molecule has 0 radical (unpaired) electrons. The smallest absolute Gasteiger partial charge is 0.293 e. The van der Waals surface area contributed by atoms with Gasteiger partial charge in [0.15, 0.2) is 0 Å². The Morgan fingerprint density at radius 1 is 0.655 bits per heavy atom. The summed E-state index contributed by atoms with van der Waals surface area (Å²) in [6.07, 6.45) is 3.56. The lowest BCUT2D eigenvalue weighted by Gasteiger charge is -2.42. The van der Waals surface area contributed by atoms with Gasteiger partial charge in [-0.1, -0.05) is 31.2 Å². The van der Waals surface area contributed by atoms with Crippen LogP contribution in [-0.4, -0.2) is 99.9 Å². The molecule has 4 aliphatic heterocycles. The van der Waals surface area contributed by atoms with Gasteiger partial charge in [0, 0.05) is 71.0 Å². The van der Waals surface area contributed by atoms with Crippen LogP contribution in [0.4, 0.5) is 22.7 Å². The number of rotatable bonds is 11. The predicted molar refractivity (Wildman–Crippen MR) is 218 cm³/mol. The Hall–Kier alpha value is -6.00. The molecule has 4 aliphatic rings. The van der Waals surface area contributed by atoms with Crippen LogP contribution in [-0.2, 0) is 0 Å². The number of nitrogens with zero attached hydrogens (tertiary/aromatic N) is 7. The van der Waals surface area contributed by atoms with Gasteiger partial charge >= 0.3 is 0 Å². The number of carbonyl (C=O) groups excluding carboxylic acids is 4. The number of nitro groups is 2. The topological polar surface area (TPSA) is 183 Å². The van der Waals surface area contributed by atoms with E-state index >= 15 is 0 Å². The monoisotopic (exact) mass is 790 g/mol. The molecule has 0 saturated carbocycles. The first-order valence-corrected chi connectivity index (χ1v) is 20.1. The van der Waals surface area contributed by atoms with Crippen LogP contribution in [0.25, 0.3) is 21.5 Å². The van der Waals surface area contributed by atoms with Crippen molar-refractivity contribution in [2.75, 3.05) is 43.0 Å².